The Kier molecular flexibility index (Phi) is 6.10. The van der Waals surface area contributed by atoms with Gasteiger partial charge in [0.05, 0.1) is 33.9 Å². The first-order chi connectivity index (χ1) is 14.1. The second kappa shape index (κ2) is 8.75. The minimum absolute atomic E-state index is 0.402. The van der Waals surface area contributed by atoms with Gasteiger partial charge in [-0.3, -0.25) is 0 Å². The van der Waals surface area contributed by atoms with Crippen LogP contribution in [0.1, 0.15) is 38.5 Å². The van der Waals surface area contributed by atoms with Crippen molar-refractivity contribution in [2.24, 2.45) is 5.92 Å². The molecule has 2 fully saturated rings. The lowest BCUT2D eigenvalue weighted by Crippen LogP contribution is -3.17. The molecule has 29 heavy (non-hydrogen) atoms. The van der Waals surface area contributed by atoms with Crippen LogP contribution in [-0.2, 0) is 6.67 Å². The average Bonchev–Trinajstić information content (AvgIpc) is 3.13. The van der Waals surface area contributed by atoms with Crippen molar-refractivity contribution in [2.75, 3.05) is 27.9 Å². The number of ether oxygens (including phenoxy) is 3. The van der Waals surface area contributed by atoms with Gasteiger partial charge in [-0.05, 0) is 56.5 Å². The van der Waals surface area contributed by atoms with E-state index in [0.717, 1.165) is 24.2 Å². The van der Waals surface area contributed by atoms with E-state index in [9.17, 15) is 0 Å². The normalized spacial score (nSPS) is 24.0. The van der Waals surface area contributed by atoms with E-state index in [4.69, 9.17) is 35.9 Å². The van der Waals surface area contributed by atoms with Gasteiger partial charge in [0.25, 0.3) is 4.84 Å². The summed E-state index contributed by atoms with van der Waals surface area (Å²) in [7, 11) is 4.77. The van der Waals surface area contributed by atoms with E-state index >= 15 is 0 Å². The average molecular weight is 421 g/mol. The fourth-order valence-electron chi connectivity index (χ4n) is 4.98. The van der Waals surface area contributed by atoms with E-state index < -0.39 is 0 Å². The topological polar surface area (TPSA) is 63.1 Å². The van der Waals surface area contributed by atoms with Gasteiger partial charge < -0.3 is 23.5 Å². The van der Waals surface area contributed by atoms with E-state index in [1.54, 1.807) is 26.2 Å². The van der Waals surface area contributed by atoms with Crippen molar-refractivity contribution in [3.8, 4) is 28.7 Å². The zero-order valence-electron chi connectivity index (χ0n) is 17.4. The molecule has 0 bridgehead atoms. The molecule has 1 saturated carbocycles. The Hall–Kier alpha value is -2.06. The van der Waals surface area contributed by atoms with Gasteiger partial charge in [-0.1, -0.05) is 6.42 Å². The quantitative estimate of drug-likeness (QED) is 0.725. The lowest BCUT2D eigenvalue weighted by Gasteiger charge is -2.40. The molecule has 0 radical (unpaired) electrons. The molecule has 1 N–H and O–H groups in total. The molecule has 1 aromatic heterocycles. The molecule has 2 aliphatic rings. The lowest BCUT2D eigenvalue weighted by atomic mass is 9.78. The number of likely N-dealkylation sites (tertiary alicyclic amines) is 1. The SMILES string of the molecule is COc1cc(-c2nn(C[NH+]3CCC[C@H]4CCCC[C@@H]43)c(=S)o2)cc(OC)c1OC. The fourth-order valence-corrected chi connectivity index (χ4v) is 5.17. The van der Waals surface area contributed by atoms with Crippen LogP contribution in [0.15, 0.2) is 16.5 Å². The fraction of sp³-hybridized carbons (Fsp3) is 0.619. The number of nitrogens with zero attached hydrogens (tertiary/aromatic N) is 2. The highest BCUT2D eigenvalue weighted by Crippen LogP contribution is 2.40. The van der Waals surface area contributed by atoms with Gasteiger partial charge in [-0.25, -0.2) is 0 Å². The molecule has 2 heterocycles. The first-order valence-corrected chi connectivity index (χ1v) is 10.8. The number of hydrogen-bond acceptors (Lipinski definition) is 6. The summed E-state index contributed by atoms with van der Waals surface area (Å²) >= 11 is 5.49. The number of hydrogen-bond donors (Lipinski definition) is 1. The van der Waals surface area contributed by atoms with Crippen LogP contribution in [0, 0.1) is 10.8 Å². The molecule has 4 rings (SSSR count). The molecule has 3 atom stereocenters. The molecule has 1 aromatic carbocycles. The number of quaternary nitrogens is 1. The van der Waals surface area contributed by atoms with Crippen LogP contribution < -0.4 is 19.1 Å². The van der Waals surface area contributed by atoms with Crippen molar-refractivity contribution in [1.29, 1.82) is 0 Å². The molecule has 0 spiro atoms. The van der Waals surface area contributed by atoms with Gasteiger partial charge in [0.15, 0.2) is 18.2 Å². The van der Waals surface area contributed by atoms with Crippen molar-refractivity contribution in [2.45, 2.75) is 51.2 Å². The number of aromatic nitrogens is 2. The maximum atomic E-state index is 5.85. The largest absolute Gasteiger partial charge is 0.493 e. The second-order valence-corrected chi connectivity index (χ2v) is 8.30. The third-order valence-corrected chi connectivity index (χ3v) is 6.67. The summed E-state index contributed by atoms with van der Waals surface area (Å²) in [5.41, 5.74) is 0.744. The summed E-state index contributed by atoms with van der Waals surface area (Å²) in [6, 6.07) is 4.38. The van der Waals surface area contributed by atoms with Crippen LogP contribution in [0.25, 0.3) is 11.5 Å². The van der Waals surface area contributed by atoms with Crippen molar-refractivity contribution < 1.29 is 23.5 Å². The van der Waals surface area contributed by atoms with E-state index in [-0.39, 0.29) is 0 Å². The molecule has 1 aliphatic heterocycles. The van der Waals surface area contributed by atoms with Crippen LogP contribution in [0.4, 0.5) is 0 Å². The van der Waals surface area contributed by atoms with Gasteiger partial charge in [0.1, 0.15) is 0 Å². The molecule has 1 unspecified atom stereocenters. The number of piperidine rings is 1. The highest BCUT2D eigenvalue weighted by molar-refractivity contribution is 7.71. The maximum Gasteiger partial charge on any atom is 0.292 e. The molecule has 1 aliphatic carbocycles. The Morgan fingerprint density at radius 1 is 1.07 bits per heavy atom. The molecular weight excluding hydrogens is 390 g/mol. The monoisotopic (exact) mass is 420 g/mol. The zero-order valence-corrected chi connectivity index (χ0v) is 18.2. The number of fused-ring (bicyclic) bond motifs is 1. The minimum Gasteiger partial charge on any atom is -0.493 e. The third-order valence-electron chi connectivity index (χ3n) is 6.38. The standard InChI is InChI=1S/C21H29N3O4S/c1-25-17-11-15(12-18(26-2)19(17)27-3)20-22-24(21(29)28-20)13-23-10-6-8-14-7-4-5-9-16(14)23/h11-12,14,16H,4-10,13H2,1-3H3/p+1/t14-,16+/m1/s1. The van der Waals surface area contributed by atoms with Crippen molar-refractivity contribution in [1.82, 2.24) is 9.78 Å². The summed E-state index contributed by atoms with van der Waals surface area (Å²) in [5.74, 6) is 2.97. The Labute approximate surface area is 176 Å². The van der Waals surface area contributed by atoms with Crippen molar-refractivity contribution >= 4 is 12.2 Å². The highest BCUT2D eigenvalue weighted by atomic mass is 32.1. The second-order valence-electron chi connectivity index (χ2n) is 7.95. The van der Waals surface area contributed by atoms with Crippen LogP contribution in [0.3, 0.4) is 0 Å². The molecule has 8 heteroatoms. The summed E-state index contributed by atoms with van der Waals surface area (Å²) in [6.45, 7) is 1.93. The number of methoxy groups -OCH3 is 3. The predicted molar refractivity (Wildman–Crippen MR) is 111 cm³/mol. The minimum atomic E-state index is 0.402. The number of benzene rings is 1. The smallest absolute Gasteiger partial charge is 0.292 e. The Bertz CT molecular complexity index is 883. The Morgan fingerprint density at radius 3 is 2.45 bits per heavy atom. The Balaban J connectivity index is 1.61. The molecule has 2 aromatic rings. The van der Waals surface area contributed by atoms with E-state index in [0.29, 0.717) is 28.0 Å². The third kappa shape index (κ3) is 4.00. The van der Waals surface area contributed by atoms with E-state index in [1.807, 2.05) is 16.8 Å². The van der Waals surface area contributed by atoms with Crippen molar-refractivity contribution in [3.05, 3.63) is 17.0 Å². The zero-order chi connectivity index (χ0) is 20.4. The Morgan fingerprint density at radius 2 is 1.76 bits per heavy atom. The first-order valence-electron chi connectivity index (χ1n) is 10.4. The van der Waals surface area contributed by atoms with Gasteiger partial charge in [-0.15, -0.1) is 5.10 Å². The van der Waals surface area contributed by atoms with Gasteiger partial charge in [0.2, 0.25) is 11.6 Å². The summed E-state index contributed by atoms with van der Waals surface area (Å²) in [4.78, 5) is 1.99. The summed E-state index contributed by atoms with van der Waals surface area (Å²) < 4.78 is 24.0. The molecule has 0 amide bonds. The maximum absolute atomic E-state index is 5.85. The van der Waals surface area contributed by atoms with Gasteiger partial charge >= 0.3 is 0 Å². The van der Waals surface area contributed by atoms with Gasteiger partial charge in [0, 0.05) is 11.5 Å². The lowest BCUT2D eigenvalue weighted by molar-refractivity contribution is -0.958. The first kappa shape index (κ1) is 20.2. The number of rotatable bonds is 6. The summed E-state index contributed by atoms with van der Waals surface area (Å²) in [6.07, 6.45) is 8.05. The highest BCUT2D eigenvalue weighted by Gasteiger charge is 2.37. The van der Waals surface area contributed by atoms with Crippen LogP contribution in [-0.4, -0.2) is 43.7 Å². The molecule has 158 valence electrons. The van der Waals surface area contributed by atoms with Crippen LogP contribution in [0.5, 0.6) is 17.2 Å². The van der Waals surface area contributed by atoms with E-state index in [2.05, 4.69) is 0 Å². The van der Waals surface area contributed by atoms with Crippen molar-refractivity contribution in [3.63, 3.8) is 0 Å². The van der Waals surface area contributed by atoms with Gasteiger partial charge in [-0.2, -0.15) is 4.68 Å². The molecule has 7 nitrogen and oxygen atoms in total. The van der Waals surface area contributed by atoms with Crippen LogP contribution in [0.2, 0.25) is 0 Å². The number of nitrogens with one attached hydrogen (secondary N) is 1. The molecular formula is C21H30N3O4S+. The van der Waals surface area contributed by atoms with E-state index in [1.165, 1.54) is 45.1 Å². The summed E-state index contributed by atoms with van der Waals surface area (Å²) in [5, 5.41) is 4.69. The molecule has 1 saturated heterocycles. The predicted octanol–water partition coefficient (Wildman–Crippen LogP) is 3.09. The van der Waals surface area contributed by atoms with Crippen LogP contribution >= 0.6 is 12.2 Å².